The minimum Gasteiger partial charge on any atom is -0.493 e. The van der Waals surface area contributed by atoms with E-state index in [0.717, 1.165) is 44.1 Å². The zero-order valence-electron chi connectivity index (χ0n) is 23.4. The van der Waals surface area contributed by atoms with Crippen LogP contribution in [0.15, 0.2) is 70.5 Å². The summed E-state index contributed by atoms with van der Waals surface area (Å²) in [6, 6.07) is 13.5. The van der Waals surface area contributed by atoms with Gasteiger partial charge in [-0.05, 0) is 42.8 Å². The van der Waals surface area contributed by atoms with E-state index in [1.54, 1.807) is 14.2 Å². The minimum atomic E-state index is -1.26. The van der Waals surface area contributed by atoms with Crippen molar-refractivity contribution in [1.29, 1.82) is 0 Å². The Morgan fingerprint density at radius 2 is 1.24 bits per heavy atom. The highest BCUT2D eigenvalue weighted by atomic mass is 32.2. The highest BCUT2D eigenvalue weighted by Crippen LogP contribution is 2.46. The first-order chi connectivity index (χ1) is 19.9. The van der Waals surface area contributed by atoms with Gasteiger partial charge in [0.15, 0.2) is 11.5 Å². The third-order valence-corrected chi connectivity index (χ3v) is 7.39. The van der Waals surface area contributed by atoms with Gasteiger partial charge < -0.3 is 34.8 Å². The number of carboxylic acids is 4. The SMILES string of the molecule is COc1cc2c(cc1OC)Sc1ccccc1C(N1CCN(C)CC1)C2.O=C(O)/C=C/C(=O)O.O=C(O)/C=C/C(=O)O. The summed E-state index contributed by atoms with van der Waals surface area (Å²) in [6.07, 6.45) is 3.23. The number of hydrogen-bond acceptors (Lipinski definition) is 9. The van der Waals surface area contributed by atoms with Crippen molar-refractivity contribution >= 4 is 35.6 Å². The van der Waals surface area contributed by atoms with Crippen LogP contribution in [0.3, 0.4) is 0 Å². The van der Waals surface area contributed by atoms with E-state index in [0.29, 0.717) is 30.3 Å². The number of carbonyl (C=O) groups is 4. The molecule has 2 aromatic carbocycles. The Hall–Kier alpha value is -4.33. The fourth-order valence-corrected chi connectivity index (χ4v) is 5.33. The molecule has 1 fully saturated rings. The van der Waals surface area contributed by atoms with Gasteiger partial charge in [0.2, 0.25) is 0 Å². The Morgan fingerprint density at radius 1 is 0.762 bits per heavy atom. The molecule has 0 spiro atoms. The van der Waals surface area contributed by atoms with Crippen LogP contribution in [0.2, 0.25) is 0 Å². The van der Waals surface area contributed by atoms with E-state index in [9.17, 15) is 19.2 Å². The Bertz CT molecular complexity index is 1250. The number of carboxylic acid groups (broad SMARTS) is 4. The molecule has 0 aromatic heterocycles. The first kappa shape index (κ1) is 33.9. The van der Waals surface area contributed by atoms with Crippen LogP contribution < -0.4 is 9.47 Å². The van der Waals surface area contributed by atoms with Crippen LogP contribution in [0.1, 0.15) is 17.2 Å². The molecule has 0 bridgehead atoms. The van der Waals surface area contributed by atoms with E-state index in [1.807, 2.05) is 11.8 Å². The Labute approximate surface area is 247 Å². The van der Waals surface area contributed by atoms with Crippen molar-refractivity contribution in [2.24, 2.45) is 0 Å². The van der Waals surface area contributed by atoms with Gasteiger partial charge in [0, 0.05) is 66.3 Å². The highest BCUT2D eigenvalue weighted by Gasteiger charge is 2.30. The van der Waals surface area contributed by atoms with Crippen LogP contribution in [0.4, 0.5) is 0 Å². The number of methoxy groups -OCH3 is 2. The van der Waals surface area contributed by atoms with Gasteiger partial charge in [-0.25, -0.2) is 19.2 Å². The molecule has 1 atom stereocenters. The van der Waals surface area contributed by atoms with E-state index in [1.165, 1.54) is 20.9 Å². The monoisotopic (exact) mass is 602 g/mol. The summed E-state index contributed by atoms with van der Waals surface area (Å²) < 4.78 is 11.1. The number of rotatable bonds is 7. The number of piperazine rings is 1. The molecule has 2 aliphatic heterocycles. The zero-order chi connectivity index (χ0) is 31.2. The zero-order valence-corrected chi connectivity index (χ0v) is 24.2. The second-order valence-corrected chi connectivity index (χ2v) is 10.1. The Morgan fingerprint density at radius 3 is 1.71 bits per heavy atom. The highest BCUT2D eigenvalue weighted by molar-refractivity contribution is 7.99. The van der Waals surface area contributed by atoms with Crippen LogP contribution in [-0.4, -0.2) is 102 Å². The predicted molar refractivity (Wildman–Crippen MR) is 154 cm³/mol. The Kier molecular flexibility index (Phi) is 13.6. The molecule has 13 heteroatoms. The molecule has 1 unspecified atom stereocenters. The van der Waals surface area contributed by atoms with Crippen molar-refractivity contribution in [2.45, 2.75) is 22.3 Å². The summed E-state index contributed by atoms with van der Waals surface area (Å²) in [4.78, 5) is 45.9. The number of benzene rings is 2. The maximum absolute atomic E-state index is 9.55. The molecule has 226 valence electrons. The molecule has 4 rings (SSSR count). The second-order valence-electron chi connectivity index (χ2n) is 9.03. The summed E-state index contributed by atoms with van der Waals surface area (Å²) in [5.41, 5.74) is 2.78. The molecule has 2 heterocycles. The first-order valence-electron chi connectivity index (χ1n) is 12.7. The molecule has 0 aliphatic carbocycles. The lowest BCUT2D eigenvalue weighted by atomic mass is 9.96. The fourth-order valence-electron chi connectivity index (χ4n) is 4.19. The summed E-state index contributed by atoms with van der Waals surface area (Å²) >= 11 is 1.85. The number of aliphatic carboxylic acids is 4. The Balaban J connectivity index is 0.000000319. The molecule has 12 nitrogen and oxygen atoms in total. The van der Waals surface area contributed by atoms with Gasteiger partial charge in [-0.2, -0.15) is 0 Å². The molecule has 0 radical (unpaired) electrons. The summed E-state index contributed by atoms with van der Waals surface area (Å²) in [6.45, 7) is 4.49. The number of nitrogens with zero attached hydrogens (tertiary/aromatic N) is 2. The third-order valence-electron chi connectivity index (χ3n) is 6.19. The largest absolute Gasteiger partial charge is 0.493 e. The van der Waals surface area contributed by atoms with Crippen LogP contribution >= 0.6 is 11.8 Å². The second kappa shape index (κ2) is 16.8. The average molecular weight is 603 g/mol. The van der Waals surface area contributed by atoms with Gasteiger partial charge >= 0.3 is 23.9 Å². The quantitative estimate of drug-likeness (QED) is 0.341. The van der Waals surface area contributed by atoms with Gasteiger partial charge in [-0.15, -0.1) is 0 Å². The molecular formula is C29H34N2O10S. The number of likely N-dealkylation sites (N-methyl/N-ethyl adjacent to an activating group) is 1. The molecule has 4 N–H and O–H groups in total. The van der Waals surface area contributed by atoms with E-state index < -0.39 is 23.9 Å². The molecule has 0 saturated carbocycles. The van der Waals surface area contributed by atoms with Gasteiger partial charge in [0.05, 0.1) is 14.2 Å². The van der Waals surface area contributed by atoms with Crippen LogP contribution in [0.25, 0.3) is 0 Å². The van der Waals surface area contributed by atoms with E-state index >= 15 is 0 Å². The number of ether oxygens (including phenoxy) is 2. The summed E-state index contributed by atoms with van der Waals surface area (Å²) in [7, 11) is 5.62. The molecule has 42 heavy (non-hydrogen) atoms. The number of fused-ring (bicyclic) bond motifs is 2. The van der Waals surface area contributed by atoms with Gasteiger partial charge in [-0.3, -0.25) is 4.90 Å². The molecule has 2 aliphatic rings. The third kappa shape index (κ3) is 10.9. The van der Waals surface area contributed by atoms with Crippen LogP contribution in [0, 0.1) is 0 Å². The fraction of sp³-hybridized carbons (Fsp3) is 0.310. The lowest BCUT2D eigenvalue weighted by Crippen LogP contribution is -2.46. The lowest BCUT2D eigenvalue weighted by Gasteiger charge is -2.38. The topological polar surface area (TPSA) is 174 Å². The van der Waals surface area contributed by atoms with E-state index in [2.05, 4.69) is 53.2 Å². The van der Waals surface area contributed by atoms with Gasteiger partial charge in [0.1, 0.15) is 0 Å². The summed E-state index contributed by atoms with van der Waals surface area (Å²) in [5, 5.41) is 31.2. The maximum Gasteiger partial charge on any atom is 0.328 e. The van der Waals surface area contributed by atoms with E-state index in [4.69, 9.17) is 29.9 Å². The summed E-state index contributed by atoms with van der Waals surface area (Å²) in [5.74, 6) is -3.41. The van der Waals surface area contributed by atoms with Crippen molar-refractivity contribution in [3.05, 3.63) is 71.8 Å². The molecule has 1 saturated heterocycles. The van der Waals surface area contributed by atoms with E-state index in [-0.39, 0.29) is 0 Å². The van der Waals surface area contributed by atoms with Crippen molar-refractivity contribution in [3.63, 3.8) is 0 Å². The smallest absolute Gasteiger partial charge is 0.328 e. The number of hydrogen-bond donors (Lipinski definition) is 4. The van der Waals surface area contributed by atoms with Crippen LogP contribution in [-0.2, 0) is 25.6 Å². The van der Waals surface area contributed by atoms with Crippen molar-refractivity contribution < 1.29 is 49.1 Å². The van der Waals surface area contributed by atoms with Crippen molar-refractivity contribution in [1.82, 2.24) is 9.80 Å². The minimum absolute atomic E-state index is 0.409. The molecule has 2 aromatic rings. The molecular weight excluding hydrogens is 568 g/mol. The first-order valence-corrected chi connectivity index (χ1v) is 13.5. The molecule has 0 amide bonds. The van der Waals surface area contributed by atoms with Crippen molar-refractivity contribution in [2.75, 3.05) is 47.4 Å². The van der Waals surface area contributed by atoms with Gasteiger partial charge in [0.25, 0.3) is 0 Å². The van der Waals surface area contributed by atoms with Crippen LogP contribution in [0.5, 0.6) is 11.5 Å². The maximum atomic E-state index is 9.55. The normalized spacial score (nSPS) is 16.5. The average Bonchev–Trinajstić information content (AvgIpc) is 3.11. The van der Waals surface area contributed by atoms with Gasteiger partial charge in [-0.1, -0.05) is 30.0 Å². The lowest BCUT2D eigenvalue weighted by molar-refractivity contribution is -0.134. The van der Waals surface area contributed by atoms with Crippen molar-refractivity contribution in [3.8, 4) is 11.5 Å². The predicted octanol–water partition coefficient (Wildman–Crippen LogP) is 3.12. The standard InChI is InChI=1S/C21H26N2O2S.2C4H4O4/c1-22-8-10-23(11-9-22)17-12-15-13-18(24-2)19(25-3)14-21(15)26-20-7-5-4-6-16(17)20;2*5-3(6)1-2-4(7)8/h4-7,13-14,17H,8-12H2,1-3H3;2*1-2H,(H,5,6)(H,7,8)/b;2*2-1+.